The Labute approximate surface area is 77.8 Å². The lowest BCUT2D eigenvalue weighted by molar-refractivity contribution is 0.446. The van der Waals surface area contributed by atoms with E-state index < -0.39 is 0 Å². The predicted molar refractivity (Wildman–Crippen MR) is 53.0 cm³/mol. The Bertz CT molecular complexity index is 312. The molecule has 1 aliphatic heterocycles. The van der Waals surface area contributed by atoms with E-state index in [0.717, 1.165) is 24.2 Å². The second kappa shape index (κ2) is 3.26. The van der Waals surface area contributed by atoms with E-state index in [9.17, 15) is 5.11 Å². The number of aromatic hydroxyl groups is 1. The van der Waals surface area contributed by atoms with Gasteiger partial charge in [0.2, 0.25) is 0 Å². The molecule has 70 valence electrons. The van der Waals surface area contributed by atoms with Gasteiger partial charge in [-0.3, -0.25) is 0 Å². The Morgan fingerprint density at radius 2 is 2.38 bits per heavy atom. The number of anilines is 1. The average molecular weight is 178 g/mol. The van der Waals surface area contributed by atoms with E-state index in [2.05, 4.69) is 10.6 Å². The van der Waals surface area contributed by atoms with Gasteiger partial charge in [0.05, 0.1) is 0 Å². The van der Waals surface area contributed by atoms with Gasteiger partial charge in [-0.15, -0.1) is 0 Å². The average Bonchev–Trinajstić information content (AvgIpc) is 2.17. The zero-order valence-corrected chi connectivity index (χ0v) is 7.67. The number of rotatable bonds is 1. The maximum atomic E-state index is 9.68. The Hall–Kier alpha value is -1.22. The summed E-state index contributed by atoms with van der Waals surface area (Å²) in [5.41, 5.74) is 2.04. The van der Waals surface area contributed by atoms with Crippen LogP contribution >= 0.6 is 0 Å². The van der Waals surface area contributed by atoms with Crippen LogP contribution in [0.5, 0.6) is 5.75 Å². The standard InChI is InChI=1S/C10H14N2O/c1-11-7-5-6-12-8-3-2-4-9(13)10(7)8/h2-4,7,11-13H,5-6H2,1H3. The maximum absolute atomic E-state index is 9.68. The summed E-state index contributed by atoms with van der Waals surface area (Å²) in [4.78, 5) is 0. The fourth-order valence-electron chi connectivity index (χ4n) is 1.86. The maximum Gasteiger partial charge on any atom is 0.122 e. The van der Waals surface area contributed by atoms with E-state index in [0.29, 0.717) is 5.75 Å². The molecule has 0 spiro atoms. The van der Waals surface area contributed by atoms with Crippen LogP contribution in [0.3, 0.4) is 0 Å². The molecule has 3 heteroatoms. The minimum Gasteiger partial charge on any atom is -0.508 e. The summed E-state index contributed by atoms with van der Waals surface area (Å²) in [6, 6.07) is 5.87. The van der Waals surface area contributed by atoms with Crippen molar-refractivity contribution in [2.45, 2.75) is 12.5 Å². The van der Waals surface area contributed by atoms with Crippen LogP contribution in [-0.2, 0) is 0 Å². The molecule has 1 aliphatic rings. The highest BCUT2D eigenvalue weighted by Crippen LogP contribution is 2.35. The van der Waals surface area contributed by atoms with Gasteiger partial charge in [-0.1, -0.05) is 6.07 Å². The molecule has 1 unspecified atom stereocenters. The second-order valence-electron chi connectivity index (χ2n) is 3.30. The van der Waals surface area contributed by atoms with E-state index in [1.165, 1.54) is 0 Å². The molecule has 13 heavy (non-hydrogen) atoms. The van der Waals surface area contributed by atoms with E-state index in [4.69, 9.17) is 0 Å². The zero-order valence-electron chi connectivity index (χ0n) is 7.67. The highest BCUT2D eigenvalue weighted by Gasteiger charge is 2.20. The lowest BCUT2D eigenvalue weighted by Gasteiger charge is -2.26. The SMILES string of the molecule is CNC1CCNc2cccc(O)c21. The molecule has 2 rings (SSSR count). The molecule has 1 heterocycles. The van der Waals surface area contributed by atoms with Gasteiger partial charge in [0.1, 0.15) is 5.75 Å². The number of phenols is 1. The number of phenolic OH excluding ortho intramolecular Hbond substituents is 1. The van der Waals surface area contributed by atoms with Crippen molar-refractivity contribution in [3.63, 3.8) is 0 Å². The molecule has 1 aromatic rings. The monoisotopic (exact) mass is 178 g/mol. The third kappa shape index (κ3) is 1.35. The predicted octanol–water partition coefficient (Wildman–Crippen LogP) is 1.47. The van der Waals surface area contributed by atoms with Crippen LogP contribution in [0.15, 0.2) is 18.2 Å². The van der Waals surface area contributed by atoms with Crippen molar-refractivity contribution in [3.05, 3.63) is 23.8 Å². The van der Waals surface area contributed by atoms with Crippen molar-refractivity contribution in [2.75, 3.05) is 18.9 Å². The van der Waals surface area contributed by atoms with Gasteiger partial charge in [0.15, 0.2) is 0 Å². The first-order valence-corrected chi connectivity index (χ1v) is 4.56. The van der Waals surface area contributed by atoms with E-state index in [-0.39, 0.29) is 6.04 Å². The van der Waals surface area contributed by atoms with Crippen molar-refractivity contribution in [1.29, 1.82) is 0 Å². The van der Waals surface area contributed by atoms with E-state index in [1.54, 1.807) is 6.07 Å². The van der Waals surface area contributed by atoms with Crippen LogP contribution in [0, 0.1) is 0 Å². The minimum atomic E-state index is 0.275. The molecule has 0 fully saturated rings. The Morgan fingerprint density at radius 1 is 1.54 bits per heavy atom. The van der Waals surface area contributed by atoms with Crippen molar-refractivity contribution >= 4 is 5.69 Å². The van der Waals surface area contributed by atoms with Crippen LogP contribution in [0.25, 0.3) is 0 Å². The molecule has 1 aromatic carbocycles. The fourth-order valence-corrected chi connectivity index (χ4v) is 1.86. The minimum absolute atomic E-state index is 0.275. The number of hydrogen-bond acceptors (Lipinski definition) is 3. The molecule has 0 bridgehead atoms. The van der Waals surface area contributed by atoms with Crippen LogP contribution in [0.2, 0.25) is 0 Å². The molecule has 3 N–H and O–H groups in total. The highest BCUT2D eigenvalue weighted by molar-refractivity contribution is 5.60. The van der Waals surface area contributed by atoms with Crippen LogP contribution in [0.4, 0.5) is 5.69 Å². The third-order valence-corrected chi connectivity index (χ3v) is 2.53. The zero-order chi connectivity index (χ0) is 9.26. The Balaban J connectivity index is 2.47. The van der Waals surface area contributed by atoms with Crippen molar-refractivity contribution in [3.8, 4) is 5.75 Å². The highest BCUT2D eigenvalue weighted by atomic mass is 16.3. The summed E-state index contributed by atoms with van der Waals surface area (Å²) in [5, 5.41) is 16.1. The smallest absolute Gasteiger partial charge is 0.122 e. The van der Waals surface area contributed by atoms with Gasteiger partial charge >= 0.3 is 0 Å². The number of benzene rings is 1. The molecule has 0 aromatic heterocycles. The van der Waals surface area contributed by atoms with Crippen molar-refractivity contribution in [2.24, 2.45) is 0 Å². The molecular formula is C10H14N2O. The first-order chi connectivity index (χ1) is 6.33. The lowest BCUT2D eigenvalue weighted by Crippen LogP contribution is -2.25. The van der Waals surface area contributed by atoms with Crippen LogP contribution < -0.4 is 10.6 Å². The van der Waals surface area contributed by atoms with Gasteiger partial charge < -0.3 is 15.7 Å². The Morgan fingerprint density at radius 3 is 3.15 bits per heavy atom. The molecule has 0 saturated carbocycles. The van der Waals surface area contributed by atoms with Gasteiger partial charge in [-0.05, 0) is 25.6 Å². The van der Waals surface area contributed by atoms with Gasteiger partial charge in [0, 0.05) is 23.8 Å². The third-order valence-electron chi connectivity index (χ3n) is 2.53. The summed E-state index contributed by atoms with van der Waals surface area (Å²) < 4.78 is 0. The summed E-state index contributed by atoms with van der Waals surface area (Å²) in [5.74, 6) is 0.379. The van der Waals surface area contributed by atoms with Crippen molar-refractivity contribution in [1.82, 2.24) is 5.32 Å². The molecule has 3 nitrogen and oxygen atoms in total. The molecule has 0 radical (unpaired) electrons. The molecule has 1 atom stereocenters. The topological polar surface area (TPSA) is 44.3 Å². The Kier molecular flexibility index (Phi) is 2.10. The lowest BCUT2D eigenvalue weighted by atomic mass is 9.97. The van der Waals surface area contributed by atoms with E-state index >= 15 is 0 Å². The number of fused-ring (bicyclic) bond motifs is 1. The first kappa shape index (κ1) is 8.38. The fraction of sp³-hybridized carbons (Fsp3) is 0.400. The molecular weight excluding hydrogens is 164 g/mol. The summed E-state index contributed by atoms with van der Waals surface area (Å²) in [6.45, 7) is 0.960. The van der Waals surface area contributed by atoms with Crippen LogP contribution in [0.1, 0.15) is 18.0 Å². The van der Waals surface area contributed by atoms with Crippen molar-refractivity contribution < 1.29 is 5.11 Å². The van der Waals surface area contributed by atoms with Crippen LogP contribution in [-0.4, -0.2) is 18.7 Å². The van der Waals surface area contributed by atoms with E-state index in [1.807, 2.05) is 19.2 Å². The number of nitrogens with one attached hydrogen (secondary N) is 2. The quantitative estimate of drug-likeness (QED) is 0.610. The second-order valence-corrected chi connectivity index (χ2v) is 3.30. The van der Waals surface area contributed by atoms with Gasteiger partial charge in [0.25, 0.3) is 0 Å². The summed E-state index contributed by atoms with van der Waals surface area (Å²) in [7, 11) is 1.92. The summed E-state index contributed by atoms with van der Waals surface area (Å²) >= 11 is 0. The number of hydrogen-bond donors (Lipinski definition) is 3. The normalized spacial score (nSPS) is 20.5. The van der Waals surface area contributed by atoms with Gasteiger partial charge in [-0.25, -0.2) is 0 Å². The molecule has 0 aliphatic carbocycles. The largest absolute Gasteiger partial charge is 0.508 e. The summed E-state index contributed by atoms with van der Waals surface area (Å²) in [6.07, 6.45) is 1.01. The molecule has 0 saturated heterocycles. The van der Waals surface area contributed by atoms with Gasteiger partial charge in [-0.2, -0.15) is 0 Å². The first-order valence-electron chi connectivity index (χ1n) is 4.56. The molecule has 0 amide bonds.